The molecule has 0 aliphatic heterocycles. The van der Waals surface area contributed by atoms with Gasteiger partial charge >= 0.3 is 0 Å². The quantitative estimate of drug-likeness (QED) is 0.605. The molecule has 0 bridgehead atoms. The average Bonchev–Trinajstić information content (AvgIpc) is 2.73. The predicted octanol–water partition coefficient (Wildman–Crippen LogP) is 1.26. The van der Waals surface area contributed by atoms with Gasteiger partial charge in [-0.1, -0.05) is 18.2 Å². The van der Waals surface area contributed by atoms with Gasteiger partial charge in [0.05, 0.1) is 12.0 Å². The number of aryl methyl sites for hydroxylation is 1. The van der Waals surface area contributed by atoms with E-state index in [9.17, 15) is 9.18 Å². The minimum Gasteiger partial charge on any atom is -0.318 e. The van der Waals surface area contributed by atoms with Gasteiger partial charge in [0.1, 0.15) is 0 Å². The van der Waals surface area contributed by atoms with Crippen molar-refractivity contribution >= 4 is 11.2 Å². The van der Waals surface area contributed by atoms with Crippen LogP contribution in [-0.4, -0.2) is 19.1 Å². The summed E-state index contributed by atoms with van der Waals surface area (Å²) in [6.07, 6.45) is 0.593. The topological polar surface area (TPSA) is 52.7 Å². The van der Waals surface area contributed by atoms with E-state index in [-0.39, 0.29) is 11.2 Å². The van der Waals surface area contributed by atoms with E-state index < -0.39 is 11.6 Å². The van der Waals surface area contributed by atoms with Crippen LogP contribution in [0.2, 0.25) is 0 Å². The number of halogens is 1. The first kappa shape index (κ1) is 10.6. The first-order valence-electron chi connectivity index (χ1n) is 5.33. The van der Waals surface area contributed by atoms with Crippen molar-refractivity contribution in [3.05, 3.63) is 53.1 Å². The van der Waals surface area contributed by atoms with Crippen molar-refractivity contribution in [1.82, 2.24) is 19.1 Å². The Morgan fingerprint density at radius 1 is 1.22 bits per heavy atom. The fourth-order valence-electron chi connectivity index (χ4n) is 1.83. The van der Waals surface area contributed by atoms with Gasteiger partial charge in [0.15, 0.2) is 11.2 Å². The Hall–Kier alpha value is -2.50. The molecule has 3 aromatic rings. The molecule has 0 fully saturated rings. The first-order chi connectivity index (χ1) is 8.68. The highest BCUT2D eigenvalue weighted by atomic mass is 19.1. The van der Waals surface area contributed by atoms with Crippen LogP contribution in [0.25, 0.3) is 16.9 Å². The van der Waals surface area contributed by atoms with Crippen LogP contribution < -0.4 is 5.56 Å². The minimum absolute atomic E-state index is 0.155. The van der Waals surface area contributed by atoms with Crippen molar-refractivity contribution in [2.45, 2.75) is 0 Å². The maximum atomic E-state index is 13.9. The van der Waals surface area contributed by atoms with E-state index in [2.05, 4.69) is 9.97 Å². The van der Waals surface area contributed by atoms with E-state index in [0.29, 0.717) is 5.69 Å². The Bertz CT molecular complexity index is 776. The van der Waals surface area contributed by atoms with Crippen LogP contribution in [-0.2, 0) is 7.05 Å². The average molecular weight is 244 g/mol. The number of fused-ring (bicyclic) bond motifs is 1. The second-order valence-corrected chi connectivity index (χ2v) is 3.88. The van der Waals surface area contributed by atoms with Gasteiger partial charge in [0, 0.05) is 7.05 Å². The number of nitrogens with zero attached hydrogens (tertiary/aromatic N) is 4. The zero-order valence-corrected chi connectivity index (χ0v) is 9.54. The molecule has 6 heteroatoms. The van der Waals surface area contributed by atoms with E-state index >= 15 is 0 Å². The Morgan fingerprint density at radius 2 is 1.94 bits per heavy atom. The highest BCUT2D eigenvalue weighted by Crippen LogP contribution is 2.10. The molecule has 3 rings (SSSR count). The molecular formula is C12H9FN4O. The molecule has 1 aromatic carbocycles. The molecule has 2 aromatic heterocycles. The molecule has 18 heavy (non-hydrogen) atoms. The van der Waals surface area contributed by atoms with Crippen molar-refractivity contribution in [3.8, 4) is 5.69 Å². The predicted molar refractivity (Wildman–Crippen MR) is 64.1 cm³/mol. The molecule has 0 amide bonds. The Kier molecular flexibility index (Phi) is 2.22. The van der Waals surface area contributed by atoms with Crippen molar-refractivity contribution in [1.29, 1.82) is 0 Å². The van der Waals surface area contributed by atoms with Gasteiger partial charge in [-0.3, -0.25) is 4.79 Å². The Morgan fingerprint density at radius 3 is 2.67 bits per heavy atom. The number of benzene rings is 1. The molecule has 2 heterocycles. The van der Waals surface area contributed by atoms with Crippen LogP contribution in [0.5, 0.6) is 0 Å². The summed E-state index contributed by atoms with van der Waals surface area (Å²) >= 11 is 0. The van der Waals surface area contributed by atoms with E-state index in [4.69, 9.17) is 0 Å². The second-order valence-electron chi connectivity index (χ2n) is 3.88. The summed E-state index contributed by atoms with van der Waals surface area (Å²) in [6.45, 7) is 0. The third-order valence-electron chi connectivity index (χ3n) is 2.71. The molecular weight excluding hydrogens is 235 g/mol. The Labute approximate surface area is 101 Å². The molecule has 0 unspecified atom stereocenters. The van der Waals surface area contributed by atoms with Crippen LogP contribution in [0, 0.1) is 6.08 Å². The maximum Gasteiger partial charge on any atom is 0.298 e. The van der Waals surface area contributed by atoms with Crippen LogP contribution in [0.3, 0.4) is 0 Å². The van der Waals surface area contributed by atoms with Gasteiger partial charge in [0.25, 0.3) is 11.6 Å². The SMILES string of the molecule is Cn1cnc2c(=O)n(-c3ccccc3)c(F)nc21. The summed E-state index contributed by atoms with van der Waals surface area (Å²) in [4.78, 5) is 19.9. The molecule has 0 N–H and O–H groups in total. The number of hydrogen-bond acceptors (Lipinski definition) is 3. The monoisotopic (exact) mass is 244 g/mol. The normalized spacial score (nSPS) is 11.0. The number of para-hydroxylation sites is 1. The van der Waals surface area contributed by atoms with Crippen LogP contribution in [0.1, 0.15) is 0 Å². The molecule has 0 atom stereocenters. The van der Waals surface area contributed by atoms with E-state index in [1.54, 1.807) is 37.4 Å². The number of hydrogen-bond donors (Lipinski definition) is 0. The molecule has 0 spiro atoms. The van der Waals surface area contributed by atoms with E-state index in [0.717, 1.165) is 4.57 Å². The third kappa shape index (κ3) is 1.42. The van der Waals surface area contributed by atoms with Gasteiger partial charge < -0.3 is 4.57 Å². The maximum absolute atomic E-state index is 13.9. The van der Waals surface area contributed by atoms with E-state index in [1.807, 2.05) is 0 Å². The third-order valence-corrected chi connectivity index (χ3v) is 2.71. The molecule has 0 saturated heterocycles. The zero-order valence-electron chi connectivity index (χ0n) is 9.54. The lowest BCUT2D eigenvalue weighted by molar-refractivity contribution is 0.504. The van der Waals surface area contributed by atoms with Crippen molar-refractivity contribution in [2.24, 2.45) is 7.05 Å². The second kappa shape index (κ2) is 3.76. The molecule has 0 aliphatic rings. The number of imidazole rings is 1. The summed E-state index contributed by atoms with van der Waals surface area (Å²) in [5.41, 5.74) is 0.316. The van der Waals surface area contributed by atoms with E-state index in [1.165, 1.54) is 10.9 Å². The van der Waals surface area contributed by atoms with Gasteiger partial charge in [-0.05, 0) is 12.1 Å². The lowest BCUT2D eigenvalue weighted by atomic mass is 10.3. The lowest BCUT2D eigenvalue weighted by Gasteiger charge is -2.06. The zero-order chi connectivity index (χ0) is 12.7. The first-order valence-corrected chi connectivity index (χ1v) is 5.33. The van der Waals surface area contributed by atoms with Gasteiger partial charge in [-0.2, -0.15) is 9.37 Å². The summed E-state index contributed by atoms with van der Waals surface area (Å²) in [5, 5.41) is 0. The Balaban J connectivity index is 2.41. The molecule has 0 aliphatic carbocycles. The standard InChI is InChI=1S/C12H9FN4O/c1-16-7-14-9-10(16)15-12(13)17(11(9)18)8-5-3-2-4-6-8/h2-7H,1H3. The van der Waals surface area contributed by atoms with Crippen LogP contribution in [0.4, 0.5) is 4.39 Å². The number of rotatable bonds is 1. The summed E-state index contributed by atoms with van der Waals surface area (Å²) in [7, 11) is 1.66. The lowest BCUT2D eigenvalue weighted by Crippen LogP contribution is -2.23. The number of aromatic nitrogens is 4. The molecule has 0 radical (unpaired) electrons. The molecule has 90 valence electrons. The van der Waals surface area contributed by atoms with Gasteiger partial charge in [0.2, 0.25) is 0 Å². The van der Waals surface area contributed by atoms with Crippen LogP contribution >= 0.6 is 0 Å². The minimum atomic E-state index is -0.845. The highest BCUT2D eigenvalue weighted by Gasteiger charge is 2.14. The highest BCUT2D eigenvalue weighted by molar-refractivity contribution is 5.69. The molecule has 5 nitrogen and oxygen atoms in total. The van der Waals surface area contributed by atoms with Gasteiger partial charge in [-0.25, -0.2) is 9.55 Å². The van der Waals surface area contributed by atoms with Gasteiger partial charge in [-0.15, -0.1) is 0 Å². The fraction of sp³-hybridized carbons (Fsp3) is 0.0833. The fourth-order valence-corrected chi connectivity index (χ4v) is 1.83. The summed E-state index contributed by atoms with van der Waals surface area (Å²) in [5.74, 6) is 0. The smallest absolute Gasteiger partial charge is 0.298 e. The van der Waals surface area contributed by atoms with Crippen molar-refractivity contribution in [2.75, 3.05) is 0 Å². The largest absolute Gasteiger partial charge is 0.318 e. The summed E-state index contributed by atoms with van der Waals surface area (Å²) < 4.78 is 16.4. The van der Waals surface area contributed by atoms with Crippen molar-refractivity contribution in [3.63, 3.8) is 0 Å². The van der Waals surface area contributed by atoms with Crippen LogP contribution in [0.15, 0.2) is 41.5 Å². The van der Waals surface area contributed by atoms with Crippen molar-refractivity contribution < 1.29 is 4.39 Å². The molecule has 0 saturated carbocycles. The summed E-state index contributed by atoms with van der Waals surface area (Å²) in [6, 6.07) is 8.52.